The minimum Gasteiger partial charge on any atom is -0.393 e. The van der Waals surface area contributed by atoms with Gasteiger partial charge < -0.3 is 10.4 Å². The van der Waals surface area contributed by atoms with E-state index in [1.807, 2.05) is 29.0 Å². The molecule has 3 aromatic heterocycles. The first-order valence-corrected chi connectivity index (χ1v) is 8.92. The van der Waals surface area contributed by atoms with Crippen molar-refractivity contribution in [2.45, 2.75) is 31.8 Å². The quantitative estimate of drug-likeness (QED) is 0.770. The van der Waals surface area contributed by atoms with E-state index in [9.17, 15) is 5.11 Å². The SMILES string of the molecule is OC1CCCCC1CNc1ccc2nnc(-c3ccsc3)n2n1. The second-order valence-electron chi connectivity index (χ2n) is 6.02. The van der Waals surface area contributed by atoms with Crippen LogP contribution in [-0.2, 0) is 0 Å². The Morgan fingerprint density at radius 3 is 2.96 bits per heavy atom. The molecule has 0 amide bonds. The number of aliphatic hydroxyl groups is 1. The Morgan fingerprint density at radius 2 is 2.13 bits per heavy atom. The van der Waals surface area contributed by atoms with Crippen LogP contribution in [0.15, 0.2) is 29.0 Å². The lowest BCUT2D eigenvalue weighted by Crippen LogP contribution is -2.30. The van der Waals surface area contributed by atoms with Crippen LogP contribution in [0.4, 0.5) is 5.82 Å². The van der Waals surface area contributed by atoms with Gasteiger partial charge in [0.25, 0.3) is 0 Å². The third-order valence-electron chi connectivity index (χ3n) is 4.46. The summed E-state index contributed by atoms with van der Waals surface area (Å²) in [6.45, 7) is 0.746. The summed E-state index contributed by atoms with van der Waals surface area (Å²) < 4.78 is 1.77. The smallest absolute Gasteiger partial charge is 0.186 e. The summed E-state index contributed by atoms with van der Waals surface area (Å²) in [5.41, 5.74) is 1.75. The lowest BCUT2D eigenvalue weighted by molar-refractivity contribution is 0.0763. The van der Waals surface area contributed by atoms with Crippen LogP contribution in [0.5, 0.6) is 0 Å². The van der Waals surface area contributed by atoms with E-state index in [0.717, 1.165) is 48.7 Å². The molecule has 0 spiro atoms. The Bertz CT molecular complexity index is 785. The van der Waals surface area contributed by atoms with Crippen LogP contribution >= 0.6 is 11.3 Å². The lowest BCUT2D eigenvalue weighted by Gasteiger charge is -2.27. The van der Waals surface area contributed by atoms with Crippen LogP contribution in [0.25, 0.3) is 17.0 Å². The minimum atomic E-state index is -0.198. The van der Waals surface area contributed by atoms with Gasteiger partial charge in [-0.05, 0) is 36.4 Å². The van der Waals surface area contributed by atoms with Crippen LogP contribution in [0.2, 0.25) is 0 Å². The van der Waals surface area contributed by atoms with Crippen molar-refractivity contribution in [3.63, 3.8) is 0 Å². The van der Waals surface area contributed by atoms with Crippen molar-refractivity contribution in [1.82, 2.24) is 19.8 Å². The highest BCUT2D eigenvalue weighted by Crippen LogP contribution is 2.25. The molecular formula is C16H19N5OS. The average Bonchev–Trinajstić information content (AvgIpc) is 3.22. The molecule has 23 heavy (non-hydrogen) atoms. The molecule has 2 unspecified atom stereocenters. The molecule has 1 aliphatic carbocycles. The molecule has 0 saturated heterocycles. The Balaban J connectivity index is 1.55. The molecule has 2 N–H and O–H groups in total. The fourth-order valence-electron chi connectivity index (χ4n) is 3.12. The first-order valence-electron chi connectivity index (χ1n) is 7.98. The van der Waals surface area contributed by atoms with Crippen LogP contribution < -0.4 is 5.32 Å². The van der Waals surface area contributed by atoms with Crippen molar-refractivity contribution in [1.29, 1.82) is 0 Å². The number of nitrogens with zero attached hydrogens (tertiary/aromatic N) is 4. The van der Waals surface area contributed by atoms with Crippen molar-refractivity contribution in [2.24, 2.45) is 5.92 Å². The van der Waals surface area contributed by atoms with E-state index in [1.165, 1.54) is 6.42 Å². The van der Waals surface area contributed by atoms with Gasteiger partial charge in [-0.15, -0.1) is 15.3 Å². The number of fused-ring (bicyclic) bond motifs is 1. The zero-order valence-corrected chi connectivity index (χ0v) is 13.5. The number of thiophene rings is 1. The van der Waals surface area contributed by atoms with Crippen LogP contribution in [0, 0.1) is 5.92 Å². The highest BCUT2D eigenvalue weighted by molar-refractivity contribution is 7.08. The van der Waals surface area contributed by atoms with Gasteiger partial charge in [-0.2, -0.15) is 15.9 Å². The minimum absolute atomic E-state index is 0.198. The topological polar surface area (TPSA) is 75.3 Å². The molecule has 3 aromatic rings. The number of hydrogen-bond acceptors (Lipinski definition) is 6. The summed E-state index contributed by atoms with van der Waals surface area (Å²) in [7, 11) is 0. The number of rotatable bonds is 4. The molecule has 0 aromatic carbocycles. The van der Waals surface area contributed by atoms with Gasteiger partial charge in [0.15, 0.2) is 11.5 Å². The molecule has 1 aliphatic rings. The third-order valence-corrected chi connectivity index (χ3v) is 5.14. The summed E-state index contributed by atoms with van der Waals surface area (Å²) in [5, 5.41) is 30.5. The van der Waals surface area contributed by atoms with Gasteiger partial charge in [0.1, 0.15) is 5.82 Å². The van der Waals surface area contributed by atoms with Gasteiger partial charge in [0, 0.05) is 23.4 Å². The molecule has 2 atom stereocenters. The van der Waals surface area contributed by atoms with E-state index in [2.05, 4.69) is 20.6 Å². The van der Waals surface area contributed by atoms with Crippen LogP contribution in [-0.4, -0.2) is 37.6 Å². The molecule has 0 radical (unpaired) electrons. The third kappa shape index (κ3) is 2.94. The highest BCUT2D eigenvalue weighted by Gasteiger charge is 2.22. The first-order chi connectivity index (χ1) is 11.3. The predicted molar refractivity (Wildman–Crippen MR) is 90.5 cm³/mol. The number of nitrogens with one attached hydrogen (secondary N) is 1. The van der Waals surface area contributed by atoms with Crippen molar-refractivity contribution in [2.75, 3.05) is 11.9 Å². The Kier molecular flexibility index (Phi) is 3.97. The summed E-state index contributed by atoms with van der Waals surface area (Å²) in [4.78, 5) is 0. The molecule has 1 saturated carbocycles. The molecule has 6 nitrogen and oxygen atoms in total. The zero-order valence-electron chi connectivity index (χ0n) is 12.7. The van der Waals surface area contributed by atoms with Gasteiger partial charge in [-0.25, -0.2) is 0 Å². The molecule has 0 aliphatic heterocycles. The van der Waals surface area contributed by atoms with Crippen LogP contribution in [0.3, 0.4) is 0 Å². The maximum Gasteiger partial charge on any atom is 0.186 e. The second kappa shape index (κ2) is 6.25. The van der Waals surface area contributed by atoms with E-state index in [0.29, 0.717) is 5.92 Å². The zero-order chi connectivity index (χ0) is 15.6. The maximum atomic E-state index is 10.1. The van der Waals surface area contributed by atoms with Crippen molar-refractivity contribution >= 4 is 22.8 Å². The summed E-state index contributed by atoms with van der Waals surface area (Å²) in [6.07, 6.45) is 4.11. The van der Waals surface area contributed by atoms with E-state index in [-0.39, 0.29) is 6.10 Å². The summed E-state index contributed by atoms with van der Waals surface area (Å²) in [6, 6.07) is 5.84. The van der Waals surface area contributed by atoms with Gasteiger partial charge in [0.05, 0.1) is 6.10 Å². The Morgan fingerprint density at radius 1 is 1.22 bits per heavy atom. The van der Waals surface area contributed by atoms with Crippen LogP contribution in [0.1, 0.15) is 25.7 Å². The highest BCUT2D eigenvalue weighted by atomic mass is 32.1. The predicted octanol–water partition coefficient (Wildman–Crippen LogP) is 2.82. The van der Waals surface area contributed by atoms with Crippen molar-refractivity contribution in [3.05, 3.63) is 29.0 Å². The summed E-state index contributed by atoms with van der Waals surface area (Å²) in [5.74, 6) is 1.84. The molecule has 1 fully saturated rings. The maximum absolute atomic E-state index is 10.1. The standard InChI is InChI=1S/C16H19N5OS/c22-13-4-2-1-3-11(13)9-17-14-5-6-15-18-19-16(21(15)20-14)12-7-8-23-10-12/h5-8,10-11,13,22H,1-4,9H2,(H,17,20). The summed E-state index contributed by atoms with van der Waals surface area (Å²) >= 11 is 1.63. The number of hydrogen-bond donors (Lipinski definition) is 2. The first kappa shape index (κ1) is 14.6. The van der Waals surface area contributed by atoms with E-state index in [4.69, 9.17) is 0 Å². The Hall–Kier alpha value is -1.99. The molecule has 7 heteroatoms. The largest absolute Gasteiger partial charge is 0.393 e. The number of anilines is 1. The van der Waals surface area contributed by atoms with Crippen molar-refractivity contribution in [3.8, 4) is 11.4 Å². The molecule has 0 bridgehead atoms. The lowest BCUT2D eigenvalue weighted by atomic mass is 9.86. The van der Waals surface area contributed by atoms with E-state index >= 15 is 0 Å². The van der Waals surface area contributed by atoms with Gasteiger partial charge in [0.2, 0.25) is 0 Å². The van der Waals surface area contributed by atoms with Gasteiger partial charge in [-0.3, -0.25) is 0 Å². The monoisotopic (exact) mass is 329 g/mol. The van der Waals surface area contributed by atoms with E-state index < -0.39 is 0 Å². The Labute approximate surface area is 138 Å². The van der Waals surface area contributed by atoms with E-state index in [1.54, 1.807) is 15.9 Å². The molecule has 120 valence electrons. The second-order valence-corrected chi connectivity index (χ2v) is 6.80. The number of aliphatic hydroxyl groups excluding tert-OH is 1. The van der Waals surface area contributed by atoms with Gasteiger partial charge in [-0.1, -0.05) is 12.8 Å². The fourth-order valence-corrected chi connectivity index (χ4v) is 3.75. The van der Waals surface area contributed by atoms with Crippen molar-refractivity contribution < 1.29 is 5.11 Å². The fraction of sp³-hybridized carbons (Fsp3) is 0.438. The normalized spacial score (nSPS) is 21.6. The number of aromatic nitrogens is 4. The molecule has 4 rings (SSSR count). The molecule has 3 heterocycles. The molecular weight excluding hydrogens is 310 g/mol. The average molecular weight is 329 g/mol. The van der Waals surface area contributed by atoms with Gasteiger partial charge >= 0.3 is 0 Å².